The first-order valence-electron chi connectivity index (χ1n) is 8.81. The van der Waals surface area contributed by atoms with Gasteiger partial charge in [0, 0.05) is 10.6 Å². The van der Waals surface area contributed by atoms with Crippen molar-refractivity contribution in [3.8, 4) is 0 Å². The fourth-order valence-electron chi connectivity index (χ4n) is 2.79. The van der Waals surface area contributed by atoms with Crippen LogP contribution in [0.15, 0.2) is 84.9 Å². The van der Waals surface area contributed by atoms with Gasteiger partial charge in [0.15, 0.2) is 5.11 Å². The topological polar surface area (TPSA) is 70.2 Å². The molecule has 0 fully saturated rings. The van der Waals surface area contributed by atoms with Crippen molar-refractivity contribution in [3.05, 3.63) is 107 Å². The number of rotatable bonds is 4. The van der Waals surface area contributed by atoms with E-state index in [1.807, 2.05) is 60.7 Å². The van der Waals surface area contributed by atoms with E-state index in [9.17, 15) is 9.59 Å². The minimum Gasteiger partial charge on any atom is -0.301 e. The fraction of sp³-hybridized carbons (Fsp3) is 0.0455. The molecule has 5 nitrogen and oxygen atoms in total. The molecule has 0 atom stereocenters. The smallest absolute Gasteiger partial charge is 0.269 e. The number of hydrazine groups is 1. The molecule has 0 bridgehead atoms. The molecule has 0 aliphatic heterocycles. The maximum atomic E-state index is 12.9. The molecular formula is C22H18ClN3O2S. The summed E-state index contributed by atoms with van der Waals surface area (Å²) in [4.78, 5) is 25.1. The van der Waals surface area contributed by atoms with E-state index in [4.69, 9.17) is 23.8 Å². The number of hydrogen-bond acceptors (Lipinski definition) is 3. The Bertz CT molecular complexity index is 956. The Morgan fingerprint density at radius 1 is 0.759 bits per heavy atom. The molecule has 0 spiro atoms. The third-order valence-electron chi connectivity index (χ3n) is 4.16. The summed E-state index contributed by atoms with van der Waals surface area (Å²) in [6, 6.07) is 25.2. The molecule has 3 aromatic rings. The van der Waals surface area contributed by atoms with Crippen LogP contribution in [0.2, 0.25) is 5.02 Å². The molecule has 0 aliphatic rings. The van der Waals surface area contributed by atoms with Crippen molar-refractivity contribution in [2.24, 2.45) is 0 Å². The lowest BCUT2D eigenvalue weighted by molar-refractivity contribution is -0.120. The van der Waals surface area contributed by atoms with Gasteiger partial charge in [0.1, 0.15) is 0 Å². The number of benzene rings is 3. The summed E-state index contributed by atoms with van der Waals surface area (Å²) in [6.45, 7) is 0. The third kappa shape index (κ3) is 5.63. The summed E-state index contributed by atoms with van der Waals surface area (Å²) in [6.07, 6.45) is 0. The highest BCUT2D eigenvalue weighted by Crippen LogP contribution is 2.24. The van der Waals surface area contributed by atoms with Gasteiger partial charge in [-0.25, -0.2) is 0 Å². The molecule has 0 saturated carbocycles. The van der Waals surface area contributed by atoms with Crippen LogP contribution in [0.1, 0.15) is 27.4 Å². The number of amides is 2. The first-order chi connectivity index (χ1) is 14.0. The second-order valence-corrected chi connectivity index (χ2v) is 7.00. The minimum absolute atomic E-state index is 0.00539. The van der Waals surface area contributed by atoms with Gasteiger partial charge in [0.25, 0.3) is 5.91 Å². The van der Waals surface area contributed by atoms with E-state index in [1.165, 1.54) is 0 Å². The second-order valence-electron chi connectivity index (χ2n) is 6.16. The Balaban J connectivity index is 1.65. The van der Waals surface area contributed by atoms with E-state index in [2.05, 4.69) is 16.2 Å². The average molecular weight is 424 g/mol. The van der Waals surface area contributed by atoms with Crippen LogP contribution in [0, 0.1) is 0 Å². The number of hydrogen-bond donors (Lipinski definition) is 3. The highest BCUT2D eigenvalue weighted by atomic mass is 35.5. The molecule has 0 heterocycles. The Morgan fingerprint density at radius 3 is 1.79 bits per heavy atom. The first kappa shape index (κ1) is 20.5. The van der Waals surface area contributed by atoms with Gasteiger partial charge in [-0.15, -0.1) is 0 Å². The molecule has 0 saturated heterocycles. The maximum absolute atomic E-state index is 12.9. The molecule has 3 aromatic carbocycles. The van der Waals surface area contributed by atoms with Gasteiger partial charge in [-0.3, -0.25) is 20.4 Å². The predicted octanol–water partition coefficient (Wildman–Crippen LogP) is 3.81. The van der Waals surface area contributed by atoms with Crippen LogP contribution >= 0.6 is 23.8 Å². The molecular weight excluding hydrogens is 406 g/mol. The van der Waals surface area contributed by atoms with Crippen molar-refractivity contribution in [2.45, 2.75) is 5.92 Å². The quantitative estimate of drug-likeness (QED) is 0.441. The number of carbonyl (C=O) groups is 2. The van der Waals surface area contributed by atoms with E-state index in [0.717, 1.165) is 11.1 Å². The van der Waals surface area contributed by atoms with Gasteiger partial charge in [0.05, 0.1) is 5.92 Å². The molecule has 0 unspecified atom stereocenters. The standard InChI is InChI=1S/C22H18ClN3O2S/c23-18-13-11-17(12-14-18)20(27)25-26-22(29)24-21(28)19(15-7-3-1-4-8-15)16-9-5-2-6-10-16/h1-14,19H,(H,25,27)(H2,24,26,28,29). The summed E-state index contributed by atoms with van der Waals surface area (Å²) in [5.74, 6) is -1.24. The van der Waals surface area contributed by atoms with Gasteiger partial charge >= 0.3 is 0 Å². The van der Waals surface area contributed by atoms with Crippen molar-refractivity contribution in [1.29, 1.82) is 0 Å². The second kappa shape index (κ2) is 9.82. The molecule has 0 aromatic heterocycles. The number of thiocarbonyl (C=S) groups is 1. The van der Waals surface area contributed by atoms with E-state index in [-0.39, 0.29) is 11.0 Å². The third-order valence-corrected chi connectivity index (χ3v) is 4.62. The zero-order valence-electron chi connectivity index (χ0n) is 15.3. The van der Waals surface area contributed by atoms with Crippen LogP contribution in [0.25, 0.3) is 0 Å². The summed E-state index contributed by atoms with van der Waals surface area (Å²) in [5.41, 5.74) is 7.08. The maximum Gasteiger partial charge on any atom is 0.269 e. The van der Waals surface area contributed by atoms with Crippen molar-refractivity contribution < 1.29 is 9.59 Å². The zero-order chi connectivity index (χ0) is 20.6. The van der Waals surface area contributed by atoms with Gasteiger partial charge < -0.3 is 5.32 Å². The zero-order valence-corrected chi connectivity index (χ0v) is 16.8. The van der Waals surface area contributed by atoms with Crippen molar-refractivity contribution in [3.63, 3.8) is 0 Å². The van der Waals surface area contributed by atoms with Crippen molar-refractivity contribution in [1.82, 2.24) is 16.2 Å². The molecule has 3 N–H and O–H groups in total. The van der Waals surface area contributed by atoms with Gasteiger partial charge in [-0.1, -0.05) is 72.3 Å². The SMILES string of the molecule is O=C(NNC(=S)NC(=O)C(c1ccccc1)c1ccccc1)c1ccc(Cl)cc1. The van der Waals surface area contributed by atoms with E-state index in [0.29, 0.717) is 10.6 Å². The Hall–Kier alpha value is -3.22. The number of halogens is 1. The Kier molecular flexibility index (Phi) is 6.94. The predicted molar refractivity (Wildman–Crippen MR) is 118 cm³/mol. The Labute approximate surface area is 179 Å². The molecule has 0 aliphatic carbocycles. The molecule has 3 rings (SSSR count). The first-order valence-corrected chi connectivity index (χ1v) is 9.60. The summed E-state index contributed by atoms with van der Waals surface area (Å²) in [5, 5.41) is 3.17. The summed E-state index contributed by atoms with van der Waals surface area (Å²) >= 11 is 11.0. The molecule has 146 valence electrons. The van der Waals surface area contributed by atoms with Crippen LogP contribution in [0.4, 0.5) is 0 Å². The fourth-order valence-corrected chi connectivity index (χ4v) is 3.07. The van der Waals surface area contributed by atoms with E-state index < -0.39 is 11.8 Å². The van der Waals surface area contributed by atoms with Crippen LogP contribution in [-0.4, -0.2) is 16.9 Å². The summed E-state index contributed by atoms with van der Waals surface area (Å²) in [7, 11) is 0. The van der Waals surface area contributed by atoms with Gasteiger partial charge in [-0.2, -0.15) is 0 Å². The lowest BCUT2D eigenvalue weighted by atomic mass is 9.90. The average Bonchev–Trinajstić information content (AvgIpc) is 2.74. The normalized spacial score (nSPS) is 10.3. The highest BCUT2D eigenvalue weighted by molar-refractivity contribution is 7.80. The molecule has 29 heavy (non-hydrogen) atoms. The van der Waals surface area contributed by atoms with Crippen LogP contribution in [-0.2, 0) is 4.79 Å². The monoisotopic (exact) mass is 423 g/mol. The number of carbonyl (C=O) groups excluding carboxylic acids is 2. The van der Waals surface area contributed by atoms with Crippen LogP contribution < -0.4 is 16.2 Å². The largest absolute Gasteiger partial charge is 0.301 e. The van der Waals surface area contributed by atoms with Crippen molar-refractivity contribution in [2.75, 3.05) is 0 Å². The van der Waals surface area contributed by atoms with Crippen molar-refractivity contribution >= 4 is 40.7 Å². The molecule has 0 radical (unpaired) electrons. The summed E-state index contributed by atoms with van der Waals surface area (Å²) < 4.78 is 0. The van der Waals surface area contributed by atoms with E-state index in [1.54, 1.807) is 24.3 Å². The van der Waals surface area contributed by atoms with E-state index >= 15 is 0 Å². The number of nitrogens with one attached hydrogen (secondary N) is 3. The highest BCUT2D eigenvalue weighted by Gasteiger charge is 2.23. The Morgan fingerprint density at radius 2 is 1.28 bits per heavy atom. The minimum atomic E-state index is -0.538. The molecule has 7 heteroatoms. The van der Waals surface area contributed by atoms with Crippen LogP contribution in [0.3, 0.4) is 0 Å². The van der Waals surface area contributed by atoms with Crippen LogP contribution in [0.5, 0.6) is 0 Å². The lowest BCUT2D eigenvalue weighted by Crippen LogP contribution is -2.49. The van der Waals surface area contributed by atoms with Gasteiger partial charge in [0.2, 0.25) is 5.91 Å². The lowest BCUT2D eigenvalue weighted by Gasteiger charge is -2.18. The molecule has 2 amide bonds. The van der Waals surface area contributed by atoms with Gasteiger partial charge in [-0.05, 0) is 47.6 Å².